The number of rotatable bonds is 6. The van der Waals surface area contributed by atoms with Crippen LogP contribution in [0, 0.1) is 0 Å². The number of halogens is 2. The molecule has 5 nitrogen and oxygen atoms in total. The highest BCUT2D eigenvalue weighted by Gasteiger charge is 2.23. The summed E-state index contributed by atoms with van der Waals surface area (Å²) in [5, 5.41) is 6.08. The molecule has 1 atom stereocenters. The van der Waals surface area contributed by atoms with E-state index in [0.717, 1.165) is 17.5 Å². The molecule has 0 saturated heterocycles. The first kappa shape index (κ1) is 22.5. The maximum Gasteiger partial charge on any atom is 0.263 e. The normalized spacial score (nSPS) is 12.1. The molecule has 2 aromatic carbocycles. The van der Waals surface area contributed by atoms with Crippen LogP contribution in [-0.4, -0.2) is 15.5 Å². The van der Waals surface area contributed by atoms with E-state index < -0.39 is 6.04 Å². The van der Waals surface area contributed by atoms with E-state index in [1.165, 1.54) is 27.8 Å². The van der Waals surface area contributed by atoms with Crippen molar-refractivity contribution in [2.75, 3.05) is 5.32 Å². The largest absolute Gasteiger partial charge is 0.323 e. The van der Waals surface area contributed by atoms with Gasteiger partial charge in [0, 0.05) is 16.0 Å². The Labute approximate surface area is 199 Å². The van der Waals surface area contributed by atoms with Gasteiger partial charge in [0.05, 0.1) is 22.4 Å². The first-order valence-electron chi connectivity index (χ1n) is 10.3. The number of carbonyl (C=O) groups excluding carboxylic acids is 1. The zero-order valence-corrected chi connectivity index (χ0v) is 19.9. The highest BCUT2D eigenvalue weighted by atomic mass is 35.5. The second-order valence-electron chi connectivity index (χ2n) is 7.37. The molecular formula is C24H21Cl2N3O2S. The summed E-state index contributed by atoms with van der Waals surface area (Å²) in [6.07, 6.45) is 2.81. The number of nitrogens with zero attached hydrogens (tertiary/aromatic N) is 2. The van der Waals surface area contributed by atoms with Crippen LogP contribution in [0.2, 0.25) is 10.0 Å². The maximum atomic E-state index is 13.5. The lowest BCUT2D eigenvalue weighted by Crippen LogP contribution is -2.33. The fraction of sp³-hybridized carbons (Fsp3) is 0.208. The molecule has 0 aliphatic carbocycles. The summed E-state index contributed by atoms with van der Waals surface area (Å²) in [4.78, 5) is 31.6. The first-order chi connectivity index (χ1) is 15.4. The average Bonchev–Trinajstić information content (AvgIpc) is 3.23. The number of aromatic nitrogens is 2. The van der Waals surface area contributed by atoms with E-state index in [1.54, 1.807) is 18.2 Å². The standard InChI is InChI=1S/C24H21Cl2N3O2S/c1-3-14-5-7-15(8-6-14)17-12-32-23-21(17)24(31)29(13-27-23)20(4-2)22(30)28-19-10-9-16(25)11-18(19)26/h5-13,20H,3-4H2,1-2H3,(H,28,30)/t20-/m1/s1. The molecule has 2 aromatic heterocycles. The van der Waals surface area contributed by atoms with Crippen LogP contribution in [0.4, 0.5) is 5.69 Å². The van der Waals surface area contributed by atoms with Crippen LogP contribution in [0.3, 0.4) is 0 Å². The molecular weight excluding hydrogens is 465 g/mol. The highest BCUT2D eigenvalue weighted by molar-refractivity contribution is 7.17. The highest BCUT2D eigenvalue weighted by Crippen LogP contribution is 2.31. The van der Waals surface area contributed by atoms with Crippen LogP contribution >= 0.6 is 34.5 Å². The molecule has 4 aromatic rings. The lowest BCUT2D eigenvalue weighted by atomic mass is 10.0. The number of nitrogens with one attached hydrogen (secondary N) is 1. The third-order valence-corrected chi connectivity index (χ3v) is 6.84. The van der Waals surface area contributed by atoms with Crippen molar-refractivity contribution < 1.29 is 4.79 Å². The molecule has 0 unspecified atom stereocenters. The van der Waals surface area contributed by atoms with Gasteiger partial charge in [-0.1, -0.05) is 61.3 Å². The number of hydrogen-bond acceptors (Lipinski definition) is 4. The second-order valence-corrected chi connectivity index (χ2v) is 9.08. The first-order valence-corrected chi connectivity index (χ1v) is 11.9. The molecule has 0 fully saturated rings. The zero-order valence-electron chi connectivity index (χ0n) is 17.6. The smallest absolute Gasteiger partial charge is 0.263 e. The van der Waals surface area contributed by atoms with Crippen LogP contribution in [0.5, 0.6) is 0 Å². The van der Waals surface area contributed by atoms with Crippen molar-refractivity contribution in [3.63, 3.8) is 0 Å². The van der Waals surface area contributed by atoms with Crippen LogP contribution in [0.15, 0.2) is 59.0 Å². The van der Waals surface area contributed by atoms with Gasteiger partial charge in [-0.05, 0) is 42.2 Å². The van der Waals surface area contributed by atoms with Crippen LogP contribution in [-0.2, 0) is 11.2 Å². The molecule has 4 rings (SSSR count). The fourth-order valence-corrected chi connectivity index (χ4v) is 4.98. The Balaban J connectivity index is 1.73. The molecule has 0 radical (unpaired) electrons. The number of amides is 1. The Morgan fingerprint density at radius 2 is 1.91 bits per heavy atom. The van der Waals surface area contributed by atoms with E-state index in [-0.39, 0.29) is 11.5 Å². The summed E-state index contributed by atoms with van der Waals surface area (Å²) in [7, 11) is 0. The van der Waals surface area contributed by atoms with Gasteiger partial charge in [0.25, 0.3) is 5.56 Å². The van der Waals surface area contributed by atoms with Crippen molar-refractivity contribution >= 4 is 56.3 Å². The van der Waals surface area contributed by atoms with E-state index in [4.69, 9.17) is 23.2 Å². The van der Waals surface area contributed by atoms with Gasteiger partial charge in [0.1, 0.15) is 10.9 Å². The summed E-state index contributed by atoms with van der Waals surface area (Å²) in [5.41, 5.74) is 3.21. The van der Waals surface area contributed by atoms with E-state index in [1.807, 2.05) is 24.4 Å². The molecule has 8 heteroatoms. The Kier molecular flexibility index (Phi) is 6.65. The van der Waals surface area contributed by atoms with Crippen molar-refractivity contribution in [1.29, 1.82) is 0 Å². The van der Waals surface area contributed by atoms with E-state index in [0.29, 0.717) is 32.4 Å². The summed E-state index contributed by atoms with van der Waals surface area (Å²) < 4.78 is 1.40. The third-order valence-electron chi connectivity index (χ3n) is 5.41. The molecule has 0 aliphatic rings. The van der Waals surface area contributed by atoms with Crippen molar-refractivity contribution in [3.05, 3.63) is 80.1 Å². The van der Waals surface area contributed by atoms with Gasteiger partial charge in [-0.15, -0.1) is 11.3 Å². The topological polar surface area (TPSA) is 64.0 Å². The van der Waals surface area contributed by atoms with Crippen molar-refractivity contribution in [3.8, 4) is 11.1 Å². The molecule has 0 saturated carbocycles. The number of anilines is 1. The Morgan fingerprint density at radius 3 is 2.56 bits per heavy atom. The van der Waals surface area contributed by atoms with Gasteiger partial charge in [-0.25, -0.2) is 4.98 Å². The number of fused-ring (bicyclic) bond motifs is 1. The van der Waals surface area contributed by atoms with Crippen LogP contribution in [0.1, 0.15) is 31.9 Å². The predicted molar refractivity (Wildman–Crippen MR) is 133 cm³/mol. The van der Waals surface area contributed by atoms with E-state index in [9.17, 15) is 9.59 Å². The SMILES string of the molecule is CCc1ccc(-c2csc3ncn([C@H](CC)C(=O)Nc4ccc(Cl)cc4Cl)c(=O)c23)cc1. The molecule has 164 valence electrons. The third kappa shape index (κ3) is 4.31. The summed E-state index contributed by atoms with van der Waals surface area (Å²) in [6.45, 7) is 3.95. The lowest BCUT2D eigenvalue weighted by molar-refractivity contribution is -0.119. The second kappa shape index (κ2) is 9.45. The molecule has 2 heterocycles. The fourth-order valence-electron chi connectivity index (χ4n) is 3.62. The Bertz CT molecular complexity index is 1350. The number of thiophene rings is 1. The number of aryl methyl sites for hydroxylation is 1. The Morgan fingerprint density at radius 1 is 1.16 bits per heavy atom. The zero-order chi connectivity index (χ0) is 22.8. The van der Waals surface area contributed by atoms with Gasteiger partial charge in [-0.2, -0.15) is 0 Å². The lowest BCUT2D eigenvalue weighted by Gasteiger charge is -2.18. The minimum absolute atomic E-state index is 0.241. The minimum Gasteiger partial charge on any atom is -0.323 e. The predicted octanol–water partition coefficient (Wildman–Crippen LogP) is 6.58. The molecule has 0 aliphatic heterocycles. The molecule has 1 amide bonds. The molecule has 0 bridgehead atoms. The summed E-state index contributed by atoms with van der Waals surface area (Å²) in [6, 6.07) is 12.3. The minimum atomic E-state index is -0.735. The number of hydrogen-bond donors (Lipinski definition) is 1. The Hall–Kier alpha value is -2.67. The van der Waals surface area contributed by atoms with Crippen LogP contribution < -0.4 is 10.9 Å². The summed E-state index contributed by atoms with van der Waals surface area (Å²) in [5.74, 6) is -0.343. The summed E-state index contributed by atoms with van der Waals surface area (Å²) >= 11 is 13.6. The molecule has 32 heavy (non-hydrogen) atoms. The van der Waals surface area contributed by atoms with Gasteiger partial charge < -0.3 is 5.32 Å². The van der Waals surface area contributed by atoms with Crippen molar-refractivity contribution in [2.45, 2.75) is 32.7 Å². The van der Waals surface area contributed by atoms with E-state index in [2.05, 4.69) is 29.4 Å². The van der Waals surface area contributed by atoms with Gasteiger partial charge in [0.15, 0.2) is 0 Å². The van der Waals surface area contributed by atoms with Crippen LogP contribution in [0.25, 0.3) is 21.3 Å². The monoisotopic (exact) mass is 485 g/mol. The van der Waals surface area contributed by atoms with E-state index >= 15 is 0 Å². The van der Waals surface area contributed by atoms with Gasteiger partial charge >= 0.3 is 0 Å². The van der Waals surface area contributed by atoms with Gasteiger partial charge in [0.2, 0.25) is 5.91 Å². The van der Waals surface area contributed by atoms with Crippen molar-refractivity contribution in [1.82, 2.24) is 9.55 Å². The molecule has 1 N–H and O–H groups in total. The van der Waals surface area contributed by atoms with Gasteiger partial charge in [-0.3, -0.25) is 14.2 Å². The quantitative estimate of drug-likeness (QED) is 0.335. The maximum absolute atomic E-state index is 13.5. The average molecular weight is 486 g/mol. The van der Waals surface area contributed by atoms with Crippen molar-refractivity contribution in [2.24, 2.45) is 0 Å². The number of carbonyl (C=O) groups is 1. The number of benzene rings is 2. The molecule has 0 spiro atoms.